The number of hydrogen-bond acceptors (Lipinski definition) is 13. The highest BCUT2D eigenvalue weighted by Crippen LogP contribution is 2.41. The summed E-state index contributed by atoms with van der Waals surface area (Å²) in [5.74, 6) is -3.08. The molecule has 0 saturated carbocycles. The third-order valence-electron chi connectivity index (χ3n) is 6.32. The number of nitrogens with zero attached hydrogens (tertiary/aromatic N) is 1. The Balaban J connectivity index is 1.83. The van der Waals surface area contributed by atoms with Gasteiger partial charge in [-0.25, -0.2) is 4.98 Å². The molecule has 1 aromatic heterocycles. The van der Waals surface area contributed by atoms with Gasteiger partial charge in [0.2, 0.25) is 0 Å². The minimum Gasteiger partial charge on any atom is -0.463 e. The molecule has 2 aromatic carbocycles. The van der Waals surface area contributed by atoms with E-state index in [0.717, 1.165) is 20.8 Å². The van der Waals surface area contributed by atoms with Gasteiger partial charge >= 0.3 is 29.8 Å². The van der Waals surface area contributed by atoms with Gasteiger partial charge in [-0.1, -0.05) is 18.2 Å². The van der Waals surface area contributed by atoms with Gasteiger partial charge in [-0.05, 0) is 29.8 Å². The van der Waals surface area contributed by atoms with Gasteiger partial charge < -0.3 is 32.8 Å². The van der Waals surface area contributed by atoms with Crippen molar-refractivity contribution in [3.8, 4) is 5.75 Å². The summed E-state index contributed by atoms with van der Waals surface area (Å²) in [6.45, 7) is 5.40. The van der Waals surface area contributed by atoms with Gasteiger partial charge in [0.15, 0.2) is 29.8 Å². The number of rotatable bonds is 9. The Morgan fingerprint density at radius 2 is 1.42 bits per heavy atom. The number of fused-ring (bicyclic) bond motifs is 1. The molecule has 1 aliphatic rings. The standard InChI is InChI=1S/C30H31NO12/c1-15(32)37-14-25-28(39-17(3)34)30(41-19(5)36)29(40-18(4)35)27(43-25)21-12-20(10-11-23(21)38-16(2)33)13-26-31-22-8-6-7-9-24(22)42-26/h6-12,25,27-30H,13-14H2,1-5H3/t25?,27?,28-,29+,30+/m1/s1. The number of para-hydroxylation sites is 2. The first-order valence-corrected chi connectivity index (χ1v) is 13.4. The van der Waals surface area contributed by atoms with Gasteiger partial charge in [0.05, 0.1) is 0 Å². The fourth-order valence-corrected chi connectivity index (χ4v) is 4.83. The number of benzene rings is 2. The van der Waals surface area contributed by atoms with Crippen LogP contribution in [0.2, 0.25) is 0 Å². The number of oxazole rings is 1. The maximum absolute atomic E-state index is 12.3. The van der Waals surface area contributed by atoms with E-state index in [-0.39, 0.29) is 17.7 Å². The molecule has 13 heteroatoms. The monoisotopic (exact) mass is 597 g/mol. The lowest BCUT2D eigenvalue weighted by molar-refractivity contribution is -0.254. The summed E-state index contributed by atoms with van der Waals surface area (Å²) in [6.07, 6.45) is -6.31. The molecule has 0 aliphatic carbocycles. The molecule has 1 saturated heterocycles. The smallest absolute Gasteiger partial charge is 0.308 e. The molecule has 2 unspecified atom stereocenters. The van der Waals surface area contributed by atoms with Crippen LogP contribution in [0.4, 0.5) is 0 Å². The molecule has 1 fully saturated rings. The highest BCUT2D eigenvalue weighted by molar-refractivity contribution is 5.72. The molecule has 0 N–H and O–H groups in total. The second-order valence-electron chi connectivity index (χ2n) is 9.84. The zero-order chi connectivity index (χ0) is 31.3. The third kappa shape index (κ3) is 7.95. The summed E-state index contributed by atoms with van der Waals surface area (Å²) in [5, 5.41) is 0. The highest BCUT2D eigenvalue weighted by atomic mass is 16.7. The Morgan fingerprint density at radius 3 is 2.05 bits per heavy atom. The van der Waals surface area contributed by atoms with Crippen molar-refractivity contribution in [1.82, 2.24) is 4.98 Å². The zero-order valence-electron chi connectivity index (χ0n) is 24.2. The van der Waals surface area contributed by atoms with Crippen LogP contribution in [-0.4, -0.2) is 65.9 Å². The number of esters is 5. The number of hydrogen-bond donors (Lipinski definition) is 0. The molecule has 2 heterocycles. The normalized spacial score (nSPS) is 21.5. The first-order chi connectivity index (χ1) is 20.4. The minimum absolute atomic E-state index is 0.0646. The van der Waals surface area contributed by atoms with Crippen molar-refractivity contribution >= 4 is 40.9 Å². The van der Waals surface area contributed by atoms with Crippen molar-refractivity contribution < 1.29 is 56.8 Å². The van der Waals surface area contributed by atoms with Gasteiger partial charge in [-0.3, -0.25) is 24.0 Å². The second kappa shape index (κ2) is 13.5. The molecular weight excluding hydrogens is 566 g/mol. The quantitative estimate of drug-likeness (QED) is 0.201. The predicted octanol–water partition coefficient (Wildman–Crippen LogP) is 3.14. The van der Waals surface area contributed by atoms with E-state index < -0.39 is 67.0 Å². The Morgan fingerprint density at radius 1 is 0.767 bits per heavy atom. The summed E-state index contributed by atoms with van der Waals surface area (Å²) >= 11 is 0. The van der Waals surface area contributed by atoms with E-state index in [1.54, 1.807) is 18.2 Å². The number of aromatic nitrogens is 1. The molecule has 228 valence electrons. The number of ether oxygens (including phenoxy) is 6. The fraction of sp³-hybridized carbons (Fsp3) is 0.400. The second-order valence-corrected chi connectivity index (χ2v) is 9.84. The van der Waals surface area contributed by atoms with Crippen LogP contribution in [0.3, 0.4) is 0 Å². The van der Waals surface area contributed by atoms with Crippen LogP contribution >= 0.6 is 0 Å². The Hall–Kier alpha value is -4.78. The van der Waals surface area contributed by atoms with Crippen LogP contribution < -0.4 is 4.74 Å². The molecule has 0 bridgehead atoms. The van der Waals surface area contributed by atoms with Gasteiger partial charge in [0.1, 0.15) is 30.1 Å². The van der Waals surface area contributed by atoms with Crippen LogP contribution in [-0.2, 0) is 54.1 Å². The lowest BCUT2D eigenvalue weighted by Gasteiger charge is -2.44. The third-order valence-corrected chi connectivity index (χ3v) is 6.32. The lowest BCUT2D eigenvalue weighted by atomic mass is 9.89. The fourth-order valence-electron chi connectivity index (χ4n) is 4.83. The summed E-state index contributed by atoms with van der Waals surface area (Å²) in [4.78, 5) is 64.8. The first kappa shape index (κ1) is 31.2. The average Bonchev–Trinajstić information content (AvgIpc) is 3.32. The van der Waals surface area contributed by atoms with Crippen molar-refractivity contribution in [1.29, 1.82) is 0 Å². The SMILES string of the molecule is CC(=O)OCC1OC(c2cc(Cc3nc4ccccc4o3)ccc2OC(C)=O)[C@H](OC(C)=O)[C@@H](OC(C)=O)[C@@H]1OC(C)=O. The Labute approximate surface area is 246 Å². The zero-order valence-corrected chi connectivity index (χ0v) is 24.2. The summed E-state index contributed by atoms with van der Waals surface area (Å²) in [7, 11) is 0. The van der Waals surface area contributed by atoms with E-state index in [1.165, 1.54) is 19.9 Å². The van der Waals surface area contributed by atoms with Crippen LogP contribution in [0.15, 0.2) is 46.9 Å². The Kier molecular flexibility index (Phi) is 9.76. The average molecular weight is 598 g/mol. The van der Waals surface area contributed by atoms with Crippen LogP contribution in [0.5, 0.6) is 5.75 Å². The Bertz CT molecular complexity index is 1500. The number of carbonyl (C=O) groups excluding carboxylic acids is 5. The lowest BCUT2D eigenvalue weighted by Crippen LogP contribution is -2.59. The predicted molar refractivity (Wildman–Crippen MR) is 145 cm³/mol. The van der Waals surface area contributed by atoms with E-state index in [2.05, 4.69) is 4.98 Å². The van der Waals surface area contributed by atoms with Crippen molar-refractivity contribution in [2.45, 2.75) is 71.6 Å². The van der Waals surface area contributed by atoms with E-state index in [0.29, 0.717) is 22.6 Å². The van der Waals surface area contributed by atoms with Gasteiger partial charge in [-0.15, -0.1) is 0 Å². The van der Waals surface area contributed by atoms with Crippen LogP contribution in [0, 0.1) is 0 Å². The molecule has 0 spiro atoms. The van der Waals surface area contributed by atoms with Gasteiger partial charge in [-0.2, -0.15) is 0 Å². The van der Waals surface area contributed by atoms with Crippen molar-refractivity contribution in [3.63, 3.8) is 0 Å². The molecule has 1 aliphatic heterocycles. The van der Waals surface area contributed by atoms with Gasteiger partial charge in [0, 0.05) is 46.6 Å². The topological polar surface area (TPSA) is 167 Å². The van der Waals surface area contributed by atoms with Crippen LogP contribution in [0.25, 0.3) is 11.1 Å². The first-order valence-electron chi connectivity index (χ1n) is 13.4. The minimum atomic E-state index is -1.39. The van der Waals surface area contributed by atoms with E-state index in [9.17, 15) is 24.0 Å². The summed E-state index contributed by atoms with van der Waals surface area (Å²) < 4.78 is 39.4. The maximum Gasteiger partial charge on any atom is 0.308 e. The molecule has 5 atom stereocenters. The molecule has 0 amide bonds. The van der Waals surface area contributed by atoms with Crippen molar-refractivity contribution in [2.24, 2.45) is 0 Å². The number of carbonyl (C=O) groups is 5. The van der Waals surface area contributed by atoms with Gasteiger partial charge in [0.25, 0.3) is 0 Å². The molecule has 0 radical (unpaired) electrons. The molecule has 4 rings (SSSR count). The maximum atomic E-state index is 12.3. The summed E-state index contributed by atoms with van der Waals surface area (Å²) in [6, 6.07) is 12.1. The molecule has 3 aromatic rings. The largest absolute Gasteiger partial charge is 0.463 e. The van der Waals surface area contributed by atoms with Crippen molar-refractivity contribution in [3.05, 3.63) is 59.5 Å². The molecule has 13 nitrogen and oxygen atoms in total. The van der Waals surface area contributed by atoms with E-state index in [1.807, 2.05) is 18.2 Å². The highest BCUT2D eigenvalue weighted by Gasteiger charge is 2.53. The molecular formula is C30H31NO12. The summed E-state index contributed by atoms with van der Waals surface area (Å²) in [5.41, 5.74) is 2.18. The van der Waals surface area contributed by atoms with Crippen LogP contribution in [0.1, 0.15) is 57.7 Å². The molecule has 43 heavy (non-hydrogen) atoms. The van der Waals surface area contributed by atoms with Crippen molar-refractivity contribution in [2.75, 3.05) is 6.61 Å². The van der Waals surface area contributed by atoms with E-state index in [4.69, 9.17) is 32.8 Å². The van der Waals surface area contributed by atoms with E-state index >= 15 is 0 Å².